The topological polar surface area (TPSA) is 131 Å². The third-order valence-corrected chi connectivity index (χ3v) is 3.83. The molecule has 0 aromatic carbocycles. The number of nitro groups is 1. The molecule has 1 aromatic rings. The molecule has 0 saturated heterocycles. The molecule has 0 saturated carbocycles. The quantitative estimate of drug-likeness (QED) is 0.428. The second-order valence-corrected chi connectivity index (χ2v) is 5.99. The third-order valence-electron chi connectivity index (χ3n) is 2.26. The zero-order chi connectivity index (χ0) is 15.3. The molecular formula is C9H11ClN4O5S. The molecule has 1 aromatic heterocycles. The summed E-state index contributed by atoms with van der Waals surface area (Å²) >= 11 is 5.58. The van der Waals surface area contributed by atoms with Crippen LogP contribution in [0.1, 0.15) is 10.4 Å². The SMILES string of the molecule is CNS(=O)(=O)CCNC(=O)c1cc(Cl)ncc1[N+](=O)[O-]. The van der Waals surface area contributed by atoms with Crippen molar-refractivity contribution >= 4 is 33.2 Å². The number of carbonyl (C=O) groups excluding carboxylic acids is 1. The van der Waals surface area contributed by atoms with Crippen LogP contribution in [0, 0.1) is 10.1 Å². The largest absolute Gasteiger partial charge is 0.351 e. The molecule has 0 unspecified atom stereocenters. The first-order valence-corrected chi connectivity index (χ1v) is 7.29. The van der Waals surface area contributed by atoms with Gasteiger partial charge in [0.15, 0.2) is 0 Å². The first-order chi connectivity index (χ1) is 9.26. The van der Waals surface area contributed by atoms with Crippen LogP contribution >= 0.6 is 11.6 Å². The van der Waals surface area contributed by atoms with Gasteiger partial charge in [0.2, 0.25) is 10.0 Å². The maximum absolute atomic E-state index is 11.8. The van der Waals surface area contributed by atoms with Gasteiger partial charge in [-0.2, -0.15) is 0 Å². The van der Waals surface area contributed by atoms with Gasteiger partial charge in [-0.15, -0.1) is 0 Å². The Kier molecular flexibility index (Phi) is 5.36. The molecule has 1 rings (SSSR count). The summed E-state index contributed by atoms with van der Waals surface area (Å²) in [6.07, 6.45) is 0.863. The first-order valence-electron chi connectivity index (χ1n) is 5.26. The second-order valence-electron chi connectivity index (χ2n) is 3.56. The number of aromatic nitrogens is 1. The van der Waals surface area contributed by atoms with Crippen LogP contribution in [0.3, 0.4) is 0 Å². The first kappa shape index (κ1) is 16.3. The van der Waals surface area contributed by atoms with Crippen molar-refractivity contribution in [2.24, 2.45) is 0 Å². The smallest absolute Gasteiger partial charge is 0.300 e. The predicted molar refractivity (Wildman–Crippen MR) is 71.1 cm³/mol. The Labute approximate surface area is 119 Å². The molecule has 0 atom stereocenters. The van der Waals surface area contributed by atoms with Gasteiger partial charge < -0.3 is 5.32 Å². The molecule has 20 heavy (non-hydrogen) atoms. The average Bonchev–Trinajstić information content (AvgIpc) is 2.37. The minimum absolute atomic E-state index is 0.0800. The number of rotatable bonds is 6. The molecule has 0 radical (unpaired) electrons. The average molecular weight is 323 g/mol. The fraction of sp³-hybridized carbons (Fsp3) is 0.333. The van der Waals surface area contributed by atoms with E-state index in [0.717, 1.165) is 12.3 Å². The molecule has 0 fully saturated rings. The van der Waals surface area contributed by atoms with Crippen molar-refractivity contribution in [2.45, 2.75) is 0 Å². The Morgan fingerprint density at radius 1 is 1.55 bits per heavy atom. The van der Waals surface area contributed by atoms with Crippen LogP contribution in [-0.4, -0.2) is 43.6 Å². The van der Waals surface area contributed by atoms with E-state index < -0.39 is 26.5 Å². The highest BCUT2D eigenvalue weighted by molar-refractivity contribution is 7.89. The maximum Gasteiger partial charge on any atom is 0.300 e. The van der Waals surface area contributed by atoms with E-state index in [-0.39, 0.29) is 23.0 Å². The number of halogens is 1. The minimum atomic E-state index is -3.47. The van der Waals surface area contributed by atoms with Gasteiger partial charge >= 0.3 is 0 Å². The van der Waals surface area contributed by atoms with E-state index in [1.165, 1.54) is 7.05 Å². The molecule has 11 heteroatoms. The highest BCUT2D eigenvalue weighted by atomic mass is 35.5. The summed E-state index contributed by atoms with van der Waals surface area (Å²) in [7, 11) is -2.23. The molecule has 2 N–H and O–H groups in total. The number of amides is 1. The Balaban J connectivity index is 2.83. The van der Waals surface area contributed by atoms with Crippen LogP contribution in [0.4, 0.5) is 5.69 Å². The molecule has 1 amide bonds. The molecular weight excluding hydrogens is 312 g/mol. The van der Waals surface area contributed by atoms with Gasteiger partial charge in [0, 0.05) is 6.54 Å². The van der Waals surface area contributed by atoms with Crippen molar-refractivity contribution in [3.8, 4) is 0 Å². The number of sulfonamides is 1. The van der Waals surface area contributed by atoms with Crippen molar-refractivity contribution in [1.29, 1.82) is 0 Å². The molecule has 9 nitrogen and oxygen atoms in total. The monoisotopic (exact) mass is 322 g/mol. The summed E-state index contributed by atoms with van der Waals surface area (Å²) in [4.78, 5) is 25.3. The van der Waals surface area contributed by atoms with E-state index in [1.54, 1.807) is 0 Å². The van der Waals surface area contributed by atoms with Crippen LogP contribution in [0.5, 0.6) is 0 Å². The summed E-state index contributed by atoms with van der Waals surface area (Å²) in [6.45, 7) is -0.195. The Morgan fingerprint density at radius 3 is 2.75 bits per heavy atom. The summed E-state index contributed by atoms with van der Waals surface area (Å²) in [5, 5.41) is 12.9. The van der Waals surface area contributed by atoms with Gasteiger partial charge in [-0.3, -0.25) is 14.9 Å². The van der Waals surface area contributed by atoms with Gasteiger partial charge in [-0.1, -0.05) is 11.6 Å². The van der Waals surface area contributed by atoms with Crippen LogP contribution in [-0.2, 0) is 10.0 Å². The molecule has 0 bridgehead atoms. The van der Waals surface area contributed by atoms with Crippen molar-refractivity contribution in [3.63, 3.8) is 0 Å². The summed E-state index contributed by atoms with van der Waals surface area (Å²) in [5.41, 5.74) is -0.791. The second kappa shape index (κ2) is 6.59. The molecule has 110 valence electrons. The van der Waals surface area contributed by atoms with E-state index in [1.807, 2.05) is 0 Å². The number of nitrogens with one attached hydrogen (secondary N) is 2. The standard InChI is InChI=1S/C9H11ClN4O5S/c1-11-20(18,19)3-2-12-9(15)6-4-8(10)13-5-7(6)14(16)17/h4-5,11H,2-3H2,1H3,(H,12,15). The molecule has 1 heterocycles. The predicted octanol–water partition coefficient (Wildman–Crippen LogP) is -0.0778. The van der Waals surface area contributed by atoms with E-state index in [0.29, 0.717) is 0 Å². The van der Waals surface area contributed by atoms with Crippen LogP contribution in [0.15, 0.2) is 12.3 Å². The molecule has 0 spiro atoms. The fourth-order valence-electron chi connectivity index (χ4n) is 1.25. The van der Waals surface area contributed by atoms with Crippen molar-refractivity contribution in [3.05, 3.63) is 33.1 Å². The molecule has 0 aliphatic heterocycles. The summed E-state index contributed by atoms with van der Waals surface area (Å²) in [5.74, 6) is -1.14. The number of hydrogen-bond acceptors (Lipinski definition) is 6. The van der Waals surface area contributed by atoms with Gasteiger partial charge in [-0.05, 0) is 13.1 Å². The zero-order valence-electron chi connectivity index (χ0n) is 10.3. The van der Waals surface area contributed by atoms with E-state index in [4.69, 9.17) is 11.6 Å². The van der Waals surface area contributed by atoms with Crippen LogP contribution in [0.25, 0.3) is 0 Å². The van der Waals surface area contributed by atoms with Gasteiger partial charge in [0.25, 0.3) is 11.6 Å². The van der Waals surface area contributed by atoms with E-state index >= 15 is 0 Å². The fourth-order valence-corrected chi connectivity index (χ4v) is 1.98. The number of hydrogen-bond donors (Lipinski definition) is 2. The van der Waals surface area contributed by atoms with Crippen LogP contribution < -0.4 is 10.0 Å². The zero-order valence-corrected chi connectivity index (χ0v) is 11.9. The molecule has 0 aliphatic carbocycles. The lowest BCUT2D eigenvalue weighted by Gasteiger charge is -2.06. The van der Waals surface area contributed by atoms with Crippen LogP contribution in [0.2, 0.25) is 5.15 Å². The Bertz CT molecular complexity index is 633. The highest BCUT2D eigenvalue weighted by Gasteiger charge is 2.21. The Hall–Kier alpha value is -1.78. The lowest BCUT2D eigenvalue weighted by atomic mass is 10.2. The number of nitrogens with zero attached hydrogens (tertiary/aromatic N) is 2. The Morgan fingerprint density at radius 2 is 2.20 bits per heavy atom. The van der Waals surface area contributed by atoms with E-state index in [2.05, 4.69) is 15.0 Å². The lowest BCUT2D eigenvalue weighted by Crippen LogP contribution is -2.33. The number of pyridine rings is 1. The van der Waals surface area contributed by atoms with E-state index in [9.17, 15) is 23.3 Å². The van der Waals surface area contributed by atoms with Crippen molar-refractivity contribution in [1.82, 2.24) is 15.0 Å². The lowest BCUT2D eigenvalue weighted by molar-refractivity contribution is -0.385. The highest BCUT2D eigenvalue weighted by Crippen LogP contribution is 2.19. The third kappa shape index (κ3) is 4.40. The maximum atomic E-state index is 11.8. The number of carbonyl (C=O) groups is 1. The van der Waals surface area contributed by atoms with Crippen molar-refractivity contribution in [2.75, 3.05) is 19.3 Å². The van der Waals surface area contributed by atoms with Crippen molar-refractivity contribution < 1.29 is 18.1 Å². The normalized spacial score (nSPS) is 11.1. The summed E-state index contributed by atoms with van der Waals surface area (Å²) in [6, 6.07) is 1.04. The molecule has 0 aliphatic rings. The van der Waals surface area contributed by atoms with Gasteiger partial charge in [-0.25, -0.2) is 18.1 Å². The van der Waals surface area contributed by atoms with Gasteiger partial charge in [0.1, 0.15) is 16.9 Å². The summed E-state index contributed by atoms with van der Waals surface area (Å²) < 4.78 is 24.4. The van der Waals surface area contributed by atoms with Gasteiger partial charge in [0.05, 0.1) is 10.7 Å². The minimum Gasteiger partial charge on any atom is -0.351 e.